The van der Waals surface area contributed by atoms with Crippen molar-refractivity contribution in [3.8, 4) is 11.8 Å². The molecule has 4 atom stereocenters. The van der Waals surface area contributed by atoms with Crippen molar-refractivity contribution in [3.05, 3.63) is 191 Å². The van der Waals surface area contributed by atoms with Crippen LogP contribution in [-0.4, -0.2) is 31.0 Å². The predicted octanol–water partition coefficient (Wildman–Crippen LogP) is 8.29. The van der Waals surface area contributed by atoms with E-state index in [0.717, 1.165) is 27.8 Å². The Labute approximate surface area is 283 Å². The van der Waals surface area contributed by atoms with Gasteiger partial charge in [-0.1, -0.05) is 151 Å². The molecule has 0 amide bonds. The van der Waals surface area contributed by atoms with Crippen molar-refractivity contribution in [2.75, 3.05) is 6.61 Å². The number of benzene rings is 5. The van der Waals surface area contributed by atoms with E-state index in [0.29, 0.717) is 32.2 Å². The van der Waals surface area contributed by atoms with Gasteiger partial charge in [-0.25, -0.2) is 0 Å². The topological polar surface area (TPSA) is 46.2 Å². The lowest BCUT2D eigenvalue weighted by Crippen LogP contribution is -2.56. The van der Waals surface area contributed by atoms with Gasteiger partial charge in [-0.2, -0.15) is 0 Å². The highest BCUT2D eigenvalue weighted by atomic mass is 16.6. The average molecular weight is 637 g/mol. The number of rotatable bonds is 13. The standard InChI is InChI=1S/C43H40O5/c1-6-17-34(18-7-1)27-16-28-39-41(45-30-36-21-10-3-11-22-36)43(47-32-38-25-14-5-15-26-38)42(46-31-37-23-12-4-13-24-37)40(48-39)33-44-29-35-19-8-2-9-20-35/h1-15,17-26,28,40-43H,29-33H2/b39-28-/t40-,41+,42-,43-/m1/s1. The number of hydrogen-bond acceptors (Lipinski definition) is 5. The molecule has 1 heterocycles. The first-order valence-corrected chi connectivity index (χ1v) is 16.3. The van der Waals surface area contributed by atoms with Crippen LogP contribution in [0.1, 0.15) is 27.8 Å². The van der Waals surface area contributed by atoms with Crippen LogP contribution < -0.4 is 0 Å². The van der Waals surface area contributed by atoms with Crippen LogP contribution in [0.15, 0.2) is 163 Å². The summed E-state index contributed by atoms with van der Waals surface area (Å²) in [6.45, 7) is 1.86. The summed E-state index contributed by atoms with van der Waals surface area (Å²) >= 11 is 0. The summed E-state index contributed by atoms with van der Waals surface area (Å²) in [6, 6.07) is 50.4. The maximum atomic E-state index is 6.79. The molecule has 0 aliphatic carbocycles. The van der Waals surface area contributed by atoms with Crippen LogP contribution in [0.3, 0.4) is 0 Å². The Balaban J connectivity index is 1.33. The fourth-order valence-electron chi connectivity index (χ4n) is 5.53. The maximum absolute atomic E-state index is 6.79. The predicted molar refractivity (Wildman–Crippen MR) is 187 cm³/mol. The van der Waals surface area contributed by atoms with Gasteiger partial charge in [0.2, 0.25) is 0 Å². The first-order valence-electron chi connectivity index (χ1n) is 16.3. The third-order valence-electron chi connectivity index (χ3n) is 8.00. The fraction of sp³-hybridized carbons (Fsp3) is 0.209. The second-order valence-corrected chi connectivity index (χ2v) is 11.6. The molecule has 1 aliphatic heterocycles. The van der Waals surface area contributed by atoms with E-state index in [1.54, 1.807) is 6.08 Å². The van der Waals surface area contributed by atoms with E-state index in [4.69, 9.17) is 23.7 Å². The molecule has 5 aromatic carbocycles. The van der Waals surface area contributed by atoms with E-state index < -0.39 is 24.4 Å². The second kappa shape index (κ2) is 17.8. The van der Waals surface area contributed by atoms with E-state index >= 15 is 0 Å². The van der Waals surface area contributed by atoms with Gasteiger partial charge in [0.05, 0.1) is 33.0 Å². The molecular formula is C43H40O5. The van der Waals surface area contributed by atoms with E-state index in [9.17, 15) is 0 Å². The highest BCUT2D eigenvalue weighted by Crippen LogP contribution is 2.33. The monoisotopic (exact) mass is 636 g/mol. The first-order chi connectivity index (χ1) is 23.8. The van der Waals surface area contributed by atoms with Gasteiger partial charge in [0.1, 0.15) is 24.1 Å². The lowest BCUT2D eigenvalue weighted by atomic mass is 9.96. The Hall–Kier alpha value is -4.96. The minimum Gasteiger partial charge on any atom is -0.486 e. The Morgan fingerprint density at radius 1 is 0.500 bits per heavy atom. The third-order valence-corrected chi connectivity index (χ3v) is 8.00. The van der Waals surface area contributed by atoms with Crippen molar-refractivity contribution >= 4 is 0 Å². The quantitative estimate of drug-likeness (QED) is 0.122. The van der Waals surface area contributed by atoms with Gasteiger partial charge in [0, 0.05) is 11.6 Å². The zero-order valence-electron chi connectivity index (χ0n) is 26.9. The van der Waals surface area contributed by atoms with Gasteiger partial charge in [0.15, 0.2) is 6.10 Å². The molecule has 0 N–H and O–H groups in total. The van der Waals surface area contributed by atoms with Crippen molar-refractivity contribution in [1.29, 1.82) is 0 Å². The van der Waals surface area contributed by atoms with Crippen molar-refractivity contribution in [2.24, 2.45) is 0 Å². The highest BCUT2D eigenvalue weighted by Gasteiger charge is 2.46. The van der Waals surface area contributed by atoms with E-state index in [-0.39, 0.29) is 6.61 Å². The largest absolute Gasteiger partial charge is 0.486 e. The minimum atomic E-state index is -0.592. The van der Waals surface area contributed by atoms with Crippen molar-refractivity contribution < 1.29 is 23.7 Å². The normalized spacial score (nSPS) is 19.6. The van der Waals surface area contributed by atoms with Gasteiger partial charge in [-0.05, 0) is 34.4 Å². The van der Waals surface area contributed by atoms with Crippen LogP contribution in [0.5, 0.6) is 0 Å². The molecule has 0 bridgehead atoms. The Morgan fingerprint density at radius 2 is 0.938 bits per heavy atom. The van der Waals surface area contributed by atoms with E-state index in [1.165, 1.54) is 0 Å². The summed E-state index contributed by atoms with van der Waals surface area (Å²) in [5.41, 5.74) is 5.15. The molecule has 5 aromatic rings. The molecule has 0 saturated carbocycles. The molecule has 1 aliphatic rings. The molecule has 48 heavy (non-hydrogen) atoms. The molecule has 6 rings (SSSR count). The van der Waals surface area contributed by atoms with Crippen LogP contribution >= 0.6 is 0 Å². The number of ether oxygens (including phenoxy) is 5. The Kier molecular flexibility index (Phi) is 12.2. The fourth-order valence-corrected chi connectivity index (χ4v) is 5.53. The lowest BCUT2D eigenvalue weighted by molar-refractivity contribution is -0.223. The summed E-state index contributed by atoms with van der Waals surface area (Å²) in [6.07, 6.45) is -0.310. The Morgan fingerprint density at radius 3 is 1.46 bits per heavy atom. The summed E-state index contributed by atoms with van der Waals surface area (Å²) in [4.78, 5) is 0. The lowest BCUT2D eigenvalue weighted by Gasteiger charge is -2.43. The molecule has 5 nitrogen and oxygen atoms in total. The van der Waals surface area contributed by atoms with Crippen LogP contribution in [0, 0.1) is 11.8 Å². The van der Waals surface area contributed by atoms with Crippen LogP contribution in [0.2, 0.25) is 0 Å². The molecule has 0 spiro atoms. The maximum Gasteiger partial charge on any atom is 0.150 e. The average Bonchev–Trinajstić information content (AvgIpc) is 3.15. The van der Waals surface area contributed by atoms with E-state index in [1.807, 2.05) is 115 Å². The highest BCUT2D eigenvalue weighted by molar-refractivity contribution is 5.37. The van der Waals surface area contributed by atoms with Gasteiger partial charge >= 0.3 is 0 Å². The summed E-state index contributed by atoms with van der Waals surface area (Å²) in [7, 11) is 0. The molecule has 5 heteroatoms. The van der Waals surface area contributed by atoms with Gasteiger partial charge in [-0.3, -0.25) is 0 Å². The van der Waals surface area contributed by atoms with Crippen molar-refractivity contribution in [2.45, 2.75) is 50.8 Å². The number of hydrogen-bond donors (Lipinski definition) is 0. The van der Waals surface area contributed by atoms with Gasteiger partial charge < -0.3 is 23.7 Å². The zero-order valence-corrected chi connectivity index (χ0v) is 26.9. The molecule has 0 unspecified atom stereocenters. The molecule has 1 saturated heterocycles. The molecule has 0 radical (unpaired) electrons. The molecule has 242 valence electrons. The summed E-state index contributed by atoms with van der Waals surface area (Å²) in [5, 5.41) is 0. The molecule has 1 fully saturated rings. The van der Waals surface area contributed by atoms with Crippen molar-refractivity contribution in [3.63, 3.8) is 0 Å². The van der Waals surface area contributed by atoms with Crippen LogP contribution in [0.25, 0.3) is 0 Å². The smallest absolute Gasteiger partial charge is 0.150 e. The zero-order chi connectivity index (χ0) is 32.6. The van der Waals surface area contributed by atoms with Gasteiger partial charge in [-0.15, -0.1) is 0 Å². The first kappa shape index (κ1) is 33.0. The second-order valence-electron chi connectivity index (χ2n) is 11.6. The van der Waals surface area contributed by atoms with Crippen LogP contribution in [-0.2, 0) is 50.1 Å². The molecule has 0 aromatic heterocycles. The summed E-state index contributed by atoms with van der Waals surface area (Å²) < 4.78 is 33.2. The number of allylic oxidation sites excluding steroid dienone is 1. The van der Waals surface area contributed by atoms with E-state index in [2.05, 4.69) is 48.2 Å². The minimum absolute atomic E-state index is 0.286. The van der Waals surface area contributed by atoms with Crippen molar-refractivity contribution in [1.82, 2.24) is 0 Å². The Bertz CT molecular complexity index is 1730. The SMILES string of the molecule is C(#Cc1ccccc1)/C=C1\O[C@H](COCc2ccccc2)[C@@H](OCc2ccccc2)[C@H](OCc2ccccc2)[C@H]1OCc1ccccc1. The summed E-state index contributed by atoms with van der Waals surface area (Å²) in [5.74, 6) is 7.03. The van der Waals surface area contributed by atoms with Crippen LogP contribution in [0.4, 0.5) is 0 Å². The third kappa shape index (κ3) is 9.78. The molecular weight excluding hydrogens is 596 g/mol. The van der Waals surface area contributed by atoms with Gasteiger partial charge in [0.25, 0.3) is 0 Å².